The number of likely N-dealkylation sites (N-methyl/N-ethyl adjacent to an activating group) is 1. The molecule has 0 radical (unpaired) electrons. The van der Waals surface area contributed by atoms with Crippen molar-refractivity contribution < 1.29 is 9.59 Å². The molecule has 1 aromatic heterocycles. The lowest BCUT2D eigenvalue weighted by Gasteiger charge is -2.19. The molecule has 1 amide bonds. The number of aldehydes is 1. The predicted molar refractivity (Wildman–Crippen MR) is 56.8 cm³/mol. The molecule has 5 heteroatoms. The van der Waals surface area contributed by atoms with Gasteiger partial charge in [0.15, 0.2) is 6.29 Å². The number of anilines is 1. The maximum Gasteiger partial charge on any atom is 0.236 e. The number of primary amides is 1. The quantitative estimate of drug-likeness (QED) is 0.737. The SMILES string of the molecule is CCN(CC(N)=O)c1csc(C=O)c1. The highest BCUT2D eigenvalue weighted by Gasteiger charge is 2.09. The molecule has 1 rings (SSSR count). The zero-order chi connectivity index (χ0) is 10.6. The third-order valence-electron chi connectivity index (χ3n) is 1.82. The van der Waals surface area contributed by atoms with Crippen LogP contribution in [0.25, 0.3) is 0 Å². The van der Waals surface area contributed by atoms with E-state index in [2.05, 4.69) is 0 Å². The molecule has 0 unspecified atom stereocenters. The van der Waals surface area contributed by atoms with Gasteiger partial charge in [-0.05, 0) is 13.0 Å². The van der Waals surface area contributed by atoms with Crippen LogP contribution in [0.3, 0.4) is 0 Å². The standard InChI is InChI=1S/C9H12N2O2S/c1-2-11(4-9(10)13)7-3-8(5-12)14-6-7/h3,5-6H,2,4H2,1H3,(H2,10,13). The zero-order valence-corrected chi connectivity index (χ0v) is 8.71. The van der Waals surface area contributed by atoms with E-state index in [-0.39, 0.29) is 12.5 Å². The maximum absolute atomic E-state index is 10.7. The van der Waals surface area contributed by atoms with Gasteiger partial charge in [-0.1, -0.05) is 0 Å². The number of hydrogen-bond acceptors (Lipinski definition) is 4. The highest BCUT2D eigenvalue weighted by atomic mass is 32.1. The highest BCUT2D eigenvalue weighted by Crippen LogP contribution is 2.21. The van der Waals surface area contributed by atoms with Crippen LogP contribution in [0.2, 0.25) is 0 Å². The predicted octanol–water partition coefficient (Wildman–Crippen LogP) is 0.872. The second-order valence-electron chi connectivity index (χ2n) is 2.81. The molecule has 0 spiro atoms. The Morgan fingerprint density at radius 1 is 1.71 bits per heavy atom. The topological polar surface area (TPSA) is 63.4 Å². The zero-order valence-electron chi connectivity index (χ0n) is 7.90. The summed E-state index contributed by atoms with van der Waals surface area (Å²) in [5, 5.41) is 1.84. The fraction of sp³-hybridized carbons (Fsp3) is 0.333. The van der Waals surface area contributed by atoms with Crippen LogP contribution in [0.5, 0.6) is 0 Å². The fourth-order valence-electron chi connectivity index (χ4n) is 1.14. The molecule has 0 saturated carbocycles. The smallest absolute Gasteiger partial charge is 0.236 e. The molecule has 0 aliphatic rings. The summed E-state index contributed by atoms with van der Waals surface area (Å²) in [6.07, 6.45) is 0.798. The van der Waals surface area contributed by atoms with E-state index in [4.69, 9.17) is 5.73 Å². The van der Waals surface area contributed by atoms with Gasteiger partial charge in [0.05, 0.1) is 11.4 Å². The van der Waals surface area contributed by atoms with Crippen LogP contribution in [0.4, 0.5) is 5.69 Å². The summed E-state index contributed by atoms with van der Waals surface area (Å²) in [6, 6.07) is 1.75. The average molecular weight is 212 g/mol. The number of thiophene rings is 1. The molecule has 14 heavy (non-hydrogen) atoms. The largest absolute Gasteiger partial charge is 0.368 e. The maximum atomic E-state index is 10.7. The number of carbonyl (C=O) groups excluding carboxylic acids is 2. The molecule has 0 aromatic carbocycles. The first-order chi connectivity index (χ1) is 6.67. The average Bonchev–Trinajstić information content (AvgIpc) is 2.62. The lowest BCUT2D eigenvalue weighted by atomic mass is 10.3. The molecule has 2 N–H and O–H groups in total. The van der Waals surface area contributed by atoms with Crippen molar-refractivity contribution >= 4 is 29.2 Å². The van der Waals surface area contributed by atoms with Crippen LogP contribution in [0.15, 0.2) is 11.4 Å². The van der Waals surface area contributed by atoms with Crippen LogP contribution >= 0.6 is 11.3 Å². The number of nitrogens with two attached hydrogens (primary N) is 1. The van der Waals surface area contributed by atoms with Gasteiger partial charge >= 0.3 is 0 Å². The van der Waals surface area contributed by atoms with Crippen LogP contribution in [0.1, 0.15) is 16.6 Å². The van der Waals surface area contributed by atoms with Gasteiger partial charge in [-0.2, -0.15) is 0 Å². The number of rotatable bonds is 5. The summed E-state index contributed by atoms with van der Waals surface area (Å²) in [5.41, 5.74) is 5.97. The summed E-state index contributed by atoms with van der Waals surface area (Å²) in [7, 11) is 0. The first-order valence-corrected chi connectivity index (χ1v) is 5.12. The van der Waals surface area contributed by atoms with Crippen molar-refractivity contribution in [1.82, 2.24) is 0 Å². The van der Waals surface area contributed by atoms with Crippen molar-refractivity contribution in [2.24, 2.45) is 5.73 Å². The molecule has 0 saturated heterocycles. The van der Waals surface area contributed by atoms with E-state index in [1.807, 2.05) is 17.2 Å². The Hall–Kier alpha value is -1.36. The highest BCUT2D eigenvalue weighted by molar-refractivity contribution is 7.12. The fourth-order valence-corrected chi connectivity index (χ4v) is 1.86. The van der Waals surface area contributed by atoms with Crippen molar-refractivity contribution in [2.75, 3.05) is 18.0 Å². The molecule has 0 aliphatic carbocycles. The minimum atomic E-state index is -0.370. The van der Waals surface area contributed by atoms with E-state index in [9.17, 15) is 9.59 Å². The molecule has 0 bridgehead atoms. The molecule has 4 nitrogen and oxygen atoms in total. The number of amides is 1. The van der Waals surface area contributed by atoms with E-state index in [0.717, 1.165) is 12.0 Å². The van der Waals surface area contributed by atoms with Crippen LogP contribution in [-0.4, -0.2) is 25.3 Å². The van der Waals surface area contributed by atoms with E-state index in [1.54, 1.807) is 6.07 Å². The van der Waals surface area contributed by atoms with Crippen LogP contribution < -0.4 is 10.6 Å². The Bertz CT molecular complexity index is 335. The monoisotopic (exact) mass is 212 g/mol. The second kappa shape index (κ2) is 4.76. The van der Waals surface area contributed by atoms with E-state index >= 15 is 0 Å². The van der Waals surface area contributed by atoms with Gasteiger partial charge in [-0.25, -0.2) is 0 Å². The van der Waals surface area contributed by atoms with Gasteiger partial charge in [0.25, 0.3) is 0 Å². The van der Waals surface area contributed by atoms with Crippen molar-refractivity contribution in [3.63, 3.8) is 0 Å². The van der Waals surface area contributed by atoms with Gasteiger partial charge in [0.2, 0.25) is 5.91 Å². The van der Waals surface area contributed by atoms with Gasteiger partial charge in [0.1, 0.15) is 0 Å². The third-order valence-corrected chi connectivity index (χ3v) is 2.66. The summed E-state index contributed by atoms with van der Waals surface area (Å²) in [5.74, 6) is -0.370. The number of hydrogen-bond donors (Lipinski definition) is 1. The molecule has 1 heterocycles. The van der Waals surface area contributed by atoms with E-state index in [0.29, 0.717) is 11.4 Å². The second-order valence-corrected chi connectivity index (χ2v) is 3.75. The molecule has 1 aromatic rings. The van der Waals surface area contributed by atoms with E-state index < -0.39 is 0 Å². The number of carbonyl (C=O) groups is 2. The number of nitrogens with zero attached hydrogens (tertiary/aromatic N) is 1. The normalized spacial score (nSPS) is 9.79. The van der Waals surface area contributed by atoms with Gasteiger partial charge in [0, 0.05) is 17.6 Å². The van der Waals surface area contributed by atoms with Gasteiger partial charge in [-0.15, -0.1) is 11.3 Å². The summed E-state index contributed by atoms with van der Waals surface area (Å²) >= 11 is 1.36. The minimum Gasteiger partial charge on any atom is -0.368 e. The Morgan fingerprint density at radius 3 is 2.86 bits per heavy atom. The van der Waals surface area contributed by atoms with Gasteiger partial charge in [-0.3, -0.25) is 9.59 Å². The Kier molecular flexibility index (Phi) is 3.64. The molecule has 0 aliphatic heterocycles. The molecular weight excluding hydrogens is 200 g/mol. The first kappa shape index (κ1) is 10.7. The lowest BCUT2D eigenvalue weighted by molar-refractivity contribution is -0.116. The first-order valence-electron chi connectivity index (χ1n) is 4.24. The Labute approximate surface area is 86.3 Å². The van der Waals surface area contributed by atoms with Crippen molar-refractivity contribution in [3.05, 3.63) is 16.3 Å². The molecule has 76 valence electrons. The molecular formula is C9H12N2O2S. The van der Waals surface area contributed by atoms with Crippen molar-refractivity contribution in [1.29, 1.82) is 0 Å². The summed E-state index contributed by atoms with van der Waals surface area (Å²) < 4.78 is 0. The third kappa shape index (κ3) is 2.56. The molecule has 0 fully saturated rings. The van der Waals surface area contributed by atoms with Crippen molar-refractivity contribution in [2.45, 2.75) is 6.92 Å². The lowest BCUT2D eigenvalue weighted by Crippen LogP contribution is -2.33. The van der Waals surface area contributed by atoms with Gasteiger partial charge < -0.3 is 10.6 Å². The summed E-state index contributed by atoms with van der Waals surface area (Å²) in [6.45, 7) is 2.81. The van der Waals surface area contributed by atoms with E-state index in [1.165, 1.54) is 11.3 Å². The molecule has 0 atom stereocenters. The Balaban J connectivity index is 2.77. The summed E-state index contributed by atoms with van der Waals surface area (Å²) in [4.78, 5) is 23.7. The minimum absolute atomic E-state index is 0.186. The van der Waals surface area contributed by atoms with Crippen LogP contribution in [0, 0.1) is 0 Å². The van der Waals surface area contributed by atoms with Crippen LogP contribution in [-0.2, 0) is 4.79 Å². The van der Waals surface area contributed by atoms with Crippen molar-refractivity contribution in [3.8, 4) is 0 Å². The Morgan fingerprint density at radius 2 is 2.43 bits per heavy atom.